The van der Waals surface area contributed by atoms with E-state index in [1.165, 1.54) is 0 Å². The van der Waals surface area contributed by atoms with Crippen molar-refractivity contribution in [3.05, 3.63) is 0 Å². The maximum Gasteiger partial charge on any atom is 0.242 e. The van der Waals surface area contributed by atoms with Crippen molar-refractivity contribution in [2.45, 2.75) is 33.1 Å². The largest absolute Gasteiger partial charge is 0.359 e. The van der Waals surface area contributed by atoms with Crippen molar-refractivity contribution in [2.24, 2.45) is 11.3 Å². The summed E-state index contributed by atoms with van der Waals surface area (Å²) in [5, 5.41) is 11.7. The van der Waals surface area contributed by atoms with Gasteiger partial charge in [-0.1, -0.05) is 6.92 Å². The summed E-state index contributed by atoms with van der Waals surface area (Å²) in [5.74, 6) is -0.323. The van der Waals surface area contributed by atoms with Gasteiger partial charge in [-0.2, -0.15) is 5.26 Å². The first-order chi connectivity index (χ1) is 8.48. The second-order valence-electron chi connectivity index (χ2n) is 5.00. The highest BCUT2D eigenvalue weighted by atomic mass is 16.2. The van der Waals surface area contributed by atoms with E-state index >= 15 is 0 Å². The Morgan fingerprint density at radius 2 is 2.22 bits per heavy atom. The lowest BCUT2D eigenvalue weighted by atomic mass is 9.86. The van der Waals surface area contributed by atoms with Gasteiger partial charge in [-0.25, -0.2) is 0 Å². The van der Waals surface area contributed by atoms with Crippen molar-refractivity contribution < 1.29 is 9.59 Å². The van der Waals surface area contributed by atoms with E-state index in [9.17, 15) is 9.59 Å². The number of nitrogens with zero attached hydrogens (tertiary/aromatic N) is 2. The van der Waals surface area contributed by atoms with E-state index in [1.54, 1.807) is 18.9 Å². The second-order valence-corrected chi connectivity index (χ2v) is 5.00. The molecule has 0 aromatic carbocycles. The molecular formula is C13H21N3O2. The van der Waals surface area contributed by atoms with Crippen LogP contribution in [0.1, 0.15) is 33.1 Å². The number of likely N-dealkylation sites (tertiary alicyclic amines) is 1. The highest BCUT2D eigenvalue weighted by Crippen LogP contribution is 2.26. The van der Waals surface area contributed by atoms with Gasteiger partial charge < -0.3 is 10.2 Å². The molecule has 0 aliphatic carbocycles. The molecule has 5 heteroatoms. The molecule has 1 saturated heterocycles. The van der Waals surface area contributed by atoms with Crippen LogP contribution in [0.3, 0.4) is 0 Å². The van der Waals surface area contributed by atoms with Crippen molar-refractivity contribution in [1.82, 2.24) is 10.2 Å². The van der Waals surface area contributed by atoms with Gasteiger partial charge in [-0.3, -0.25) is 9.59 Å². The molecule has 0 aromatic rings. The highest BCUT2D eigenvalue weighted by Gasteiger charge is 2.38. The molecule has 1 aliphatic heterocycles. The van der Waals surface area contributed by atoms with Crippen LogP contribution in [-0.4, -0.2) is 36.9 Å². The Labute approximate surface area is 108 Å². The maximum absolute atomic E-state index is 12.3. The number of hydrogen-bond acceptors (Lipinski definition) is 3. The minimum Gasteiger partial charge on any atom is -0.359 e. The molecule has 2 amide bonds. The van der Waals surface area contributed by atoms with Crippen LogP contribution in [0.5, 0.6) is 0 Å². The molecule has 2 atom stereocenters. The normalized spacial score (nSPS) is 22.8. The summed E-state index contributed by atoms with van der Waals surface area (Å²) >= 11 is 0. The average Bonchev–Trinajstić information content (AvgIpc) is 2.44. The third kappa shape index (κ3) is 2.81. The van der Waals surface area contributed by atoms with Crippen molar-refractivity contribution >= 4 is 11.8 Å². The summed E-state index contributed by atoms with van der Waals surface area (Å²) in [5.41, 5.74) is -0.968. The minimum absolute atomic E-state index is 0.0253. The molecule has 1 heterocycles. The van der Waals surface area contributed by atoms with Gasteiger partial charge in [0.1, 0.15) is 5.41 Å². The number of carbonyl (C=O) groups is 2. The molecule has 100 valence electrons. The molecule has 1 aliphatic rings. The first-order valence-electron chi connectivity index (χ1n) is 6.40. The lowest BCUT2D eigenvalue weighted by molar-refractivity contribution is -0.141. The molecule has 0 bridgehead atoms. The Morgan fingerprint density at radius 1 is 1.56 bits per heavy atom. The zero-order valence-electron chi connectivity index (χ0n) is 11.3. The zero-order chi connectivity index (χ0) is 13.8. The van der Waals surface area contributed by atoms with Gasteiger partial charge in [-0.05, 0) is 26.2 Å². The maximum atomic E-state index is 12.3. The molecule has 5 nitrogen and oxygen atoms in total. The van der Waals surface area contributed by atoms with Gasteiger partial charge in [0, 0.05) is 20.1 Å². The second kappa shape index (κ2) is 5.85. The van der Waals surface area contributed by atoms with Gasteiger partial charge in [0.25, 0.3) is 0 Å². The standard InChI is InChI=1S/C13H21N3O2/c1-4-13(2,9-14)12(18)16-7-5-6-10(8-16)11(17)15-3/h10H,4-8H2,1-3H3,(H,15,17). The zero-order valence-corrected chi connectivity index (χ0v) is 11.3. The molecule has 1 N–H and O–H groups in total. The van der Waals surface area contributed by atoms with Crippen molar-refractivity contribution in [3.8, 4) is 6.07 Å². The summed E-state index contributed by atoms with van der Waals surface area (Å²) in [6.07, 6.45) is 2.11. The smallest absolute Gasteiger partial charge is 0.242 e. The topological polar surface area (TPSA) is 73.2 Å². The van der Waals surface area contributed by atoms with Crippen molar-refractivity contribution in [1.29, 1.82) is 5.26 Å². The summed E-state index contributed by atoms with van der Waals surface area (Å²) in [4.78, 5) is 25.6. The number of nitrogens with one attached hydrogen (secondary N) is 1. The van der Waals surface area contributed by atoms with E-state index < -0.39 is 5.41 Å². The fraction of sp³-hybridized carbons (Fsp3) is 0.769. The van der Waals surface area contributed by atoms with Gasteiger partial charge in [0.05, 0.1) is 12.0 Å². The molecule has 0 aromatic heterocycles. The van der Waals surface area contributed by atoms with E-state index in [0.717, 1.165) is 12.8 Å². The third-order valence-electron chi connectivity index (χ3n) is 3.75. The Morgan fingerprint density at radius 3 is 2.72 bits per heavy atom. The first kappa shape index (κ1) is 14.5. The van der Waals surface area contributed by atoms with Gasteiger partial charge in [-0.15, -0.1) is 0 Å². The molecule has 2 unspecified atom stereocenters. The number of rotatable bonds is 3. The van der Waals surface area contributed by atoms with Crippen molar-refractivity contribution in [3.63, 3.8) is 0 Å². The predicted octanol–water partition coefficient (Wildman–Crippen LogP) is 0.911. The quantitative estimate of drug-likeness (QED) is 0.810. The van der Waals surface area contributed by atoms with E-state index in [1.807, 2.05) is 6.92 Å². The number of hydrogen-bond donors (Lipinski definition) is 1. The van der Waals surface area contributed by atoms with Gasteiger partial charge in [0.2, 0.25) is 11.8 Å². The summed E-state index contributed by atoms with van der Waals surface area (Å²) < 4.78 is 0. The van der Waals surface area contributed by atoms with Crippen LogP contribution < -0.4 is 5.32 Å². The fourth-order valence-electron chi connectivity index (χ4n) is 2.21. The van der Waals surface area contributed by atoms with E-state index in [-0.39, 0.29) is 17.7 Å². The molecule has 0 radical (unpaired) electrons. The van der Waals surface area contributed by atoms with Gasteiger partial charge >= 0.3 is 0 Å². The number of carbonyl (C=O) groups excluding carboxylic acids is 2. The van der Waals surface area contributed by atoms with Crippen LogP contribution >= 0.6 is 0 Å². The molecule has 1 fully saturated rings. The predicted molar refractivity (Wildman–Crippen MR) is 67.4 cm³/mol. The molecule has 0 spiro atoms. The fourth-order valence-corrected chi connectivity index (χ4v) is 2.21. The Balaban J connectivity index is 2.76. The van der Waals surface area contributed by atoms with Crippen molar-refractivity contribution in [2.75, 3.05) is 20.1 Å². The number of piperidine rings is 1. The van der Waals surface area contributed by atoms with Gasteiger partial charge in [0.15, 0.2) is 0 Å². The molecular weight excluding hydrogens is 230 g/mol. The van der Waals surface area contributed by atoms with Crippen LogP contribution in [-0.2, 0) is 9.59 Å². The Bertz CT molecular complexity index is 375. The minimum atomic E-state index is -0.968. The SMILES string of the molecule is CCC(C)(C#N)C(=O)N1CCCC(C(=O)NC)C1. The number of amides is 2. The van der Waals surface area contributed by atoms with E-state index in [2.05, 4.69) is 11.4 Å². The summed E-state index contributed by atoms with van der Waals surface area (Å²) in [6, 6.07) is 2.09. The van der Waals surface area contributed by atoms with E-state index in [0.29, 0.717) is 19.5 Å². The Kier molecular flexibility index (Phi) is 4.71. The van der Waals surface area contributed by atoms with Crippen LogP contribution in [0.15, 0.2) is 0 Å². The molecule has 1 rings (SSSR count). The molecule has 0 saturated carbocycles. The summed E-state index contributed by atoms with van der Waals surface area (Å²) in [6.45, 7) is 4.57. The average molecular weight is 251 g/mol. The third-order valence-corrected chi connectivity index (χ3v) is 3.75. The summed E-state index contributed by atoms with van der Waals surface area (Å²) in [7, 11) is 1.61. The van der Waals surface area contributed by atoms with Crippen LogP contribution in [0.25, 0.3) is 0 Å². The molecule has 18 heavy (non-hydrogen) atoms. The van der Waals surface area contributed by atoms with E-state index in [4.69, 9.17) is 5.26 Å². The van der Waals surface area contributed by atoms with Crippen LogP contribution in [0, 0.1) is 22.7 Å². The van der Waals surface area contributed by atoms with Crippen LogP contribution in [0.4, 0.5) is 0 Å². The van der Waals surface area contributed by atoms with Crippen LogP contribution in [0.2, 0.25) is 0 Å². The highest BCUT2D eigenvalue weighted by molar-refractivity contribution is 5.86. The lowest BCUT2D eigenvalue weighted by Crippen LogP contribution is -2.49. The first-order valence-corrected chi connectivity index (χ1v) is 6.40. The lowest BCUT2D eigenvalue weighted by Gasteiger charge is -2.35. The monoisotopic (exact) mass is 251 g/mol. The number of nitriles is 1. The Hall–Kier alpha value is -1.57.